The number of nitrogens with two attached hydrogens (primary N) is 1. The fourth-order valence-corrected chi connectivity index (χ4v) is 2.54. The summed E-state index contributed by atoms with van der Waals surface area (Å²) in [7, 11) is 0. The highest BCUT2D eigenvalue weighted by Crippen LogP contribution is 2.32. The predicted octanol–water partition coefficient (Wildman–Crippen LogP) is 3.16. The minimum Gasteiger partial charge on any atom is -0.493 e. The van der Waals surface area contributed by atoms with E-state index in [-0.39, 0.29) is 6.04 Å². The minimum atomic E-state index is 0.159. The lowest BCUT2D eigenvalue weighted by Crippen LogP contribution is -2.35. The summed E-state index contributed by atoms with van der Waals surface area (Å²) in [5.41, 5.74) is 8.34. The molecule has 1 unspecified atom stereocenters. The molecule has 2 atom stereocenters. The molecule has 0 saturated carbocycles. The molecular weight excluding hydrogens is 262 g/mol. The summed E-state index contributed by atoms with van der Waals surface area (Å²) in [6.45, 7) is 3.30. The van der Waals surface area contributed by atoms with Crippen molar-refractivity contribution in [2.24, 2.45) is 11.7 Å². The maximum atomic E-state index is 5.96. The Bertz CT molecular complexity index is 595. The predicted molar refractivity (Wildman–Crippen MR) is 83.6 cm³/mol. The van der Waals surface area contributed by atoms with Crippen LogP contribution in [0.3, 0.4) is 0 Å². The second-order valence-corrected chi connectivity index (χ2v) is 5.68. The van der Waals surface area contributed by atoms with Crippen molar-refractivity contribution in [2.75, 3.05) is 6.61 Å². The number of fused-ring (bicyclic) bond motifs is 1. The van der Waals surface area contributed by atoms with E-state index in [1.807, 2.05) is 37.3 Å². The van der Waals surface area contributed by atoms with Crippen molar-refractivity contribution in [3.63, 3.8) is 0 Å². The Balaban J connectivity index is 1.67. The van der Waals surface area contributed by atoms with Crippen molar-refractivity contribution in [1.82, 2.24) is 0 Å². The second-order valence-electron chi connectivity index (χ2n) is 5.68. The lowest BCUT2D eigenvalue weighted by molar-refractivity contribution is 0.202. The monoisotopic (exact) mass is 283 g/mol. The Morgan fingerprint density at radius 1 is 1.24 bits per heavy atom. The van der Waals surface area contributed by atoms with Gasteiger partial charge in [0.15, 0.2) is 0 Å². The smallest absolute Gasteiger partial charge is 0.126 e. The van der Waals surface area contributed by atoms with Gasteiger partial charge in [-0.1, -0.05) is 36.4 Å². The quantitative estimate of drug-likeness (QED) is 0.937. The van der Waals surface area contributed by atoms with Gasteiger partial charge >= 0.3 is 0 Å². The third kappa shape index (κ3) is 3.37. The fraction of sp³-hybridized carbons (Fsp3) is 0.333. The van der Waals surface area contributed by atoms with Gasteiger partial charge in [-0.2, -0.15) is 0 Å². The molecule has 1 aliphatic rings. The molecule has 0 fully saturated rings. The molecule has 2 aromatic rings. The van der Waals surface area contributed by atoms with Crippen molar-refractivity contribution < 1.29 is 9.47 Å². The van der Waals surface area contributed by atoms with Gasteiger partial charge < -0.3 is 15.2 Å². The number of hydrogen-bond donors (Lipinski definition) is 1. The maximum absolute atomic E-state index is 5.96. The van der Waals surface area contributed by atoms with Gasteiger partial charge in [-0.25, -0.2) is 0 Å². The van der Waals surface area contributed by atoms with Crippen molar-refractivity contribution >= 4 is 0 Å². The highest BCUT2D eigenvalue weighted by atomic mass is 16.5. The Hall–Kier alpha value is -2.00. The molecule has 3 heteroatoms. The van der Waals surface area contributed by atoms with Crippen LogP contribution >= 0.6 is 0 Å². The molecule has 1 heterocycles. The van der Waals surface area contributed by atoms with Crippen molar-refractivity contribution in [2.45, 2.75) is 26.0 Å². The lowest BCUT2D eigenvalue weighted by Gasteiger charge is -2.28. The molecule has 3 nitrogen and oxygen atoms in total. The Morgan fingerprint density at radius 3 is 2.81 bits per heavy atom. The molecule has 0 aliphatic carbocycles. The van der Waals surface area contributed by atoms with Crippen LogP contribution in [0.15, 0.2) is 48.5 Å². The zero-order chi connectivity index (χ0) is 14.7. The summed E-state index contributed by atoms with van der Waals surface area (Å²) in [5, 5.41) is 0. The van der Waals surface area contributed by atoms with Crippen LogP contribution in [0.4, 0.5) is 0 Å². The van der Waals surface area contributed by atoms with Crippen LogP contribution in [0.1, 0.15) is 18.1 Å². The highest BCUT2D eigenvalue weighted by Gasteiger charge is 2.23. The van der Waals surface area contributed by atoms with E-state index in [9.17, 15) is 0 Å². The first kappa shape index (κ1) is 14.0. The summed E-state index contributed by atoms with van der Waals surface area (Å²) < 4.78 is 11.7. The summed E-state index contributed by atoms with van der Waals surface area (Å²) in [6.07, 6.45) is 0.978. The standard InChI is InChI=1S/C18H21NO2/c1-13(19)16-9-15-7-8-17(10-18(15)21-12-16)20-11-14-5-3-2-4-6-14/h2-8,10,13,16H,9,11-12,19H2,1H3/t13-,16?/m1/s1. The van der Waals surface area contributed by atoms with Crippen LogP contribution in [-0.2, 0) is 13.0 Å². The Labute approximate surface area is 125 Å². The van der Waals surface area contributed by atoms with Crippen LogP contribution in [0, 0.1) is 5.92 Å². The molecule has 2 aromatic carbocycles. The third-order valence-corrected chi connectivity index (χ3v) is 3.97. The molecule has 0 aromatic heterocycles. The lowest BCUT2D eigenvalue weighted by atomic mass is 9.92. The zero-order valence-electron chi connectivity index (χ0n) is 12.3. The maximum Gasteiger partial charge on any atom is 0.126 e. The average Bonchev–Trinajstić information content (AvgIpc) is 2.53. The van der Waals surface area contributed by atoms with Gasteiger partial charge in [0.05, 0.1) is 6.61 Å². The van der Waals surface area contributed by atoms with Crippen LogP contribution in [0.2, 0.25) is 0 Å². The van der Waals surface area contributed by atoms with Gasteiger partial charge in [-0.3, -0.25) is 0 Å². The molecule has 21 heavy (non-hydrogen) atoms. The molecule has 2 N–H and O–H groups in total. The van der Waals surface area contributed by atoms with Gasteiger partial charge in [0.1, 0.15) is 18.1 Å². The second kappa shape index (κ2) is 6.19. The third-order valence-electron chi connectivity index (χ3n) is 3.97. The van der Waals surface area contributed by atoms with Gasteiger partial charge in [0, 0.05) is 18.0 Å². The number of benzene rings is 2. The molecule has 1 aliphatic heterocycles. The first-order valence-electron chi connectivity index (χ1n) is 7.40. The van der Waals surface area contributed by atoms with E-state index in [2.05, 4.69) is 18.2 Å². The van der Waals surface area contributed by atoms with E-state index < -0.39 is 0 Å². The SMILES string of the molecule is C[C@@H](N)C1COc2cc(OCc3ccccc3)ccc2C1. The zero-order valence-corrected chi connectivity index (χ0v) is 12.3. The van der Waals surface area contributed by atoms with Gasteiger partial charge in [0.2, 0.25) is 0 Å². The number of hydrogen-bond acceptors (Lipinski definition) is 3. The average molecular weight is 283 g/mol. The molecule has 0 spiro atoms. The van der Waals surface area contributed by atoms with Crippen LogP contribution in [0.5, 0.6) is 11.5 Å². The van der Waals surface area contributed by atoms with Crippen molar-refractivity contribution in [3.8, 4) is 11.5 Å². The summed E-state index contributed by atoms with van der Waals surface area (Å²) in [4.78, 5) is 0. The van der Waals surface area contributed by atoms with E-state index in [4.69, 9.17) is 15.2 Å². The van der Waals surface area contributed by atoms with Gasteiger partial charge in [-0.15, -0.1) is 0 Å². The fourth-order valence-electron chi connectivity index (χ4n) is 2.54. The van der Waals surface area contributed by atoms with Crippen LogP contribution < -0.4 is 15.2 Å². The molecule has 0 saturated heterocycles. The van der Waals surface area contributed by atoms with Gasteiger partial charge in [0.25, 0.3) is 0 Å². The van der Waals surface area contributed by atoms with E-state index in [0.717, 1.165) is 23.5 Å². The first-order chi connectivity index (χ1) is 10.2. The topological polar surface area (TPSA) is 44.5 Å². The minimum absolute atomic E-state index is 0.159. The van der Waals surface area contributed by atoms with Crippen LogP contribution in [0.25, 0.3) is 0 Å². The first-order valence-corrected chi connectivity index (χ1v) is 7.40. The normalized spacial score (nSPS) is 18.5. The molecule has 0 radical (unpaired) electrons. The van der Waals surface area contributed by atoms with E-state index >= 15 is 0 Å². The van der Waals surface area contributed by atoms with E-state index in [1.54, 1.807) is 0 Å². The molecule has 110 valence electrons. The number of ether oxygens (including phenoxy) is 2. The molecule has 3 rings (SSSR count). The summed E-state index contributed by atoms with van der Waals surface area (Å²) >= 11 is 0. The summed E-state index contributed by atoms with van der Waals surface area (Å²) in [5.74, 6) is 2.17. The van der Waals surface area contributed by atoms with Crippen molar-refractivity contribution in [3.05, 3.63) is 59.7 Å². The Morgan fingerprint density at radius 2 is 2.05 bits per heavy atom. The highest BCUT2D eigenvalue weighted by molar-refractivity contribution is 5.42. The van der Waals surface area contributed by atoms with Gasteiger partial charge in [-0.05, 0) is 30.5 Å². The molecular formula is C18H21NO2. The van der Waals surface area contributed by atoms with E-state index in [1.165, 1.54) is 5.56 Å². The molecule has 0 amide bonds. The van der Waals surface area contributed by atoms with Crippen molar-refractivity contribution in [1.29, 1.82) is 0 Å². The largest absolute Gasteiger partial charge is 0.493 e. The van der Waals surface area contributed by atoms with Crippen LogP contribution in [-0.4, -0.2) is 12.6 Å². The molecule has 0 bridgehead atoms. The van der Waals surface area contributed by atoms with E-state index in [0.29, 0.717) is 19.1 Å². The summed E-state index contributed by atoms with van der Waals surface area (Å²) in [6, 6.07) is 16.4. The Kier molecular flexibility index (Phi) is 4.11. The number of rotatable bonds is 4.